The Kier molecular flexibility index (Phi) is 5.82. The van der Waals surface area contributed by atoms with E-state index < -0.39 is 0 Å². The van der Waals surface area contributed by atoms with Crippen molar-refractivity contribution in [2.75, 3.05) is 23.4 Å². The molecule has 1 aromatic heterocycles. The number of nitrogens with one attached hydrogen (secondary N) is 1. The van der Waals surface area contributed by atoms with Crippen molar-refractivity contribution in [2.24, 2.45) is 0 Å². The van der Waals surface area contributed by atoms with Gasteiger partial charge in [0.1, 0.15) is 18.1 Å². The SMILES string of the molecule is Cc1cc(NC(=O)CSCC(=O)N2Cc3ccccc3OCC2C)no1. The van der Waals surface area contributed by atoms with Crippen molar-refractivity contribution in [3.05, 3.63) is 41.7 Å². The topological polar surface area (TPSA) is 84.7 Å². The Morgan fingerprint density at radius 2 is 2.15 bits per heavy atom. The largest absolute Gasteiger partial charge is 0.491 e. The molecule has 1 aliphatic rings. The molecule has 7 nitrogen and oxygen atoms in total. The lowest BCUT2D eigenvalue weighted by Crippen LogP contribution is -2.41. The first-order chi connectivity index (χ1) is 12.5. The highest BCUT2D eigenvalue weighted by molar-refractivity contribution is 8.00. The maximum absolute atomic E-state index is 12.6. The van der Waals surface area contributed by atoms with E-state index in [2.05, 4.69) is 10.5 Å². The Labute approximate surface area is 156 Å². The molecule has 1 N–H and O–H groups in total. The molecule has 0 spiro atoms. The number of thioether (sulfide) groups is 1. The number of nitrogens with zero attached hydrogens (tertiary/aromatic N) is 2. The molecule has 2 heterocycles. The van der Waals surface area contributed by atoms with Crippen LogP contribution in [0.3, 0.4) is 0 Å². The Hall–Kier alpha value is -2.48. The highest BCUT2D eigenvalue weighted by Gasteiger charge is 2.25. The third kappa shape index (κ3) is 4.57. The van der Waals surface area contributed by atoms with E-state index in [1.807, 2.05) is 31.2 Å². The number of fused-ring (bicyclic) bond motifs is 1. The van der Waals surface area contributed by atoms with Gasteiger partial charge in [-0.05, 0) is 19.9 Å². The van der Waals surface area contributed by atoms with Crippen LogP contribution in [-0.2, 0) is 16.1 Å². The van der Waals surface area contributed by atoms with Crippen LogP contribution < -0.4 is 10.1 Å². The molecule has 0 saturated heterocycles. The molecule has 0 bridgehead atoms. The summed E-state index contributed by atoms with van der Waals surface area (Å²) in [6.45, 7) is 4.69. The van der Waals surface area contributed by atoms with Crippen LogP contribution in [0.2, 0.25) is 0 Å². The monoisotopic (exact) mass is 375 g/mol. The van der Waals surface area contributed by atoms with E-state index in [0.29, 0.717) is 24.7 Å². The van der Waals surface area contributed by atoms with Crippen molar-refractivity contribution in [1.29, 1.82) is 0 Å². The Morgan fingerprint density at radius 3 is 2.92 bits per heavy atom. The summed E-state index contributed by atoms with van der Waals surface area (Å²) >= 11 is 1.28. The second-order valence-corrected chi connectivity index (χ2v) is 7.14. The molecule has 0 fully saturated rings. The lowest BCUT2D eigenvalue weighted by molar-refractivity contribution is -0.131. The van der Waals surface area contributed by atoms with Gasteiger partial charge in [-0.1, -0.05) is 23.4 Å². The Bertz CT molecular complexity index is 792. The Morgan fingerprint density at radius 1 is 1.35 bits per heavy atom. The van der Waals surface area contributed by atoms with Crippen LogP contribution in [-0.4, -0.2) is 46.0 Å². The molecule has 1 atom stereocenters. The van der Waals surface area contributed by atoms with E-state index in [-0.39, 0.29) is 29.4 Å². The second kappa shape index (κ2) is 8.27. The number of para-hydroxylation sites is 1. The highest BCUT2D eigenvalue weighted by Crippen LogP contribution is 2.25. The van der Waals surface area contributed by atoms with Gasteiger partial charge in [-0.2, -0.15) is 0 Å². The first-order valence-electron chi connectivity index (χ1n) is 8.34. The molecule has 3 rings (SSSR count). The van der Waals surface area contributed by atoms with Crippen LogP contribution in [0.25, 0.3) is 0 Å². The average molecular weight is 375 g/mol. The van der Waals surface area contributed by atoms with E-state index in [1.165, 1.54) is 11.8 Å². The number of benzene rings is 1. The van der Waals surface area contributed by atoms with E-state index in [0.717, 1.165) is 11.3 Å². The van der Waals surface area contributed by atoms with Crippen LogP contribution in [0.15, 0.2) is 34.9 Å². The zero-order chi connectivity index (χ0) is 18.5. The van der Waals surface area contributed by atoms with Crippen LogP contribution in [0.4, 0.5) is 5.82 Å². The fourth-order valence-electron chi connectivity index (χ4n) is 2.67. The summed E-state index contributed by atoms with van der Waals surface area (Å²) in [7, 11) is 0. The fourth-order valence-corrected chi connectivity index (χ4v) is 3.37. The number of carbonyl (C=O) groups is 2. The summed E-state index contributed by atoms with van der Waals surface area (Å²) in [4.78, 5) is 26.3. The lowest BCUT2D eigenvalue weighted by atomic mass is 10.2. The van der Waals surface area contributed by atoms with Crippen LogP contribution in [0, 0.1) is 6.92 Å². The molecule has 0 saturated carbocycles. The molecule has 2 aromatic rings. The number of carbonyl (C=O) groups excluding carboxylic acids is 2. The number of rotatable bonds is 5. The van der Waals surface area contributed by atoms with E-state index in [4.69, 9.17) is 9.26 Å². The summed E-state index contributed by atoms with van der Waals surface area (Å²) < 4.78 is 10.7. The number of hydrogen-bond acceptors (Lipinski definition) is 6. The second-order valence-electron chi connectivity index (χ2n) is 6.15. The average Bonchev–Trinajstić information content (AvgIpc) is 2.94. The number of aryl methyl sites for hydroxylation is 1. The zero-order valence-corrected chi connectivity index (χ0v) is 15.5. The summed E-state index contributed by atoms with van der Waals surface area (Å²) in [5.41, 5.74) is 0.995. The molecule has 1 aliphatic heterocycles. The van der Waals surface area contributed by atoms with E-state index >= 15 is 0 Å². The van der Waals surface area contributed by atoms with Gasteiger partial charge in [0, 0.05) is 18.2 Å². The van der Waals surface area contributed by atoms with Gasteiger partial charge in [0.05, 0.1) is 17.5 Å². The van der Waals surface area contributed by atoms with E-state index in [9.17, 15) is 9.59 Å². The number of aromatic nitrogens is 1. The maximum Gasteiger partial charge on any atom is 0.235 e. The van der Waals surface area contributed by atoms with Crippen molar-refractivity contribution < 1.29 is 18.8 Å². The van der Waals surface area contributed by atoms with Crippen LogP contribution in [0.5, 0.6) is 5.75 Å². The number of hydrogen-bond donors (Lipinski definition) is 1. The normalized spacial score (nSPS) is 16.4. The molecule has 0 aliphatic carbocycles. The highest BCUT2D eigenvalue weighted by atomic mass is 32.2. The van der Waals surface area contributed by atoms with Gasteiger partial charge < -0.3 is 19.5 Å². The van der Waals surface area contributed by atoms with Gasteiger partial charge in [0.2, 0.25) is 11.8 Å². The number of amides is 2. The third-order valence-electron chi connectivity index (χ3n) is 4.00. The predicted octanol–water partition coefficient (Wildman–Crippen LogP) is 2.46. The molecule has 26 heavy (non-hydrogen) atoms. The van der Waals surface area contributed by atoms with Gasteiger partial charge in [0.25, 0.3) is 0 Å². The maximum atomic E-state index is 12.6. The number of anilines is 1. The third-order valence-corrected chi connectivity index (χ3v) is 4.92. The lowest BCUT2D eigenvalue weighted by Gasteiger charge is -2.26. The molecular formula is C18H21N3O4S. The van der Waals surface area contributed by atoms with Crippen molar-refractivity contribution in [3.8, 4) is 5.75 Å². The molecule has 1 unspecified atom stereocenters. The summed E-state index contributed by atoms with van der Waals surface area (Å²) in [6, 6.07) is 9.36. The van der Waals surface area contributed by atoms with Crippen LogP contribution in [0.1, 0.15) is 18.2 Å². The van der Waals surface area contributed by atoms with Crippen molar-refractivity contribution in [1.82, 2.24) is 10.1 Å². The minimum Gasteiger partial charge on any atom is -0.491 e. The summed E-state index contributed by atoms with van der Waals surface area (Å²) in [6.07, 6.45) is 0. The minimum atomic E-state index is -0.214. The molecule has 138 valence electrons. The quantitative estimate of drug-likeness (QED) is 0.864. The molecular weight excluding hydrogens is 354 g/mol. The molecule has 0 radical (unpaired) electrons. The van der Waals surface area contributed by atoms with Gasteiger partial charge >= 0.3 is 0 Å². The first kappa shape index (κ1) is 18.3. The minimum absolute atomic E-state index is 0.00659. The van der Waals surface area contributed by atoms with Crippen molar-refractivity contribution in [3.63, 3.8) is 0 Å². The summed E-state index contributed by atoms with van der Waals surface area (Å²) in [5.74, 6) is 2.02. The van der Waals surface area contributed by atoms with Crippen molar-refractivity contribution in [2.45, 2.75) is 26.4 Å². The van der Waals surface area contributed by atoms with Gasteiger partial charge in [-0.25, -0.2) is 0 Å². The van der Waals surface area contributed by atoms with Crippen LogP contribution >= 0.6 is 11.8 Å². The number of ether oxygens (including phenoxy) is 1. The molecule has 8 heteroatoms. The zero-order valence-electron chi connectivity index (χ0n) is 14.7. The smallest absolute Gasteiger partial charge is 0.235 e. The molecule has 1 aromatic carbocycles. The van der Waals surface area contributed by atoms with Gasteiger partial charge in [-0.3, -0.25) is 9.59 Å². The molecule has 2 amide bonds. The van der Waals surface area contributed by atoms with Crippen molar-refractivity contribution >= 4 is 29.4 Å². The van der Waals surface area contributed by atoms with Gasteiger partial charge in [0.15, 0.2) is 5.82 Å². The Balaban J connectivity index is 1.50. The van der Waals surface area contributed by atoms with E-state index in [1.54, 1.807) is 17.9 Å². The standard InChI is InChI=1S/C18H21N3O4S/c1-12-9-24-15-6-4-3-5-14(15)8-21(12)18(23)11-26-10-17(22)19-16-7-13(2)25-20-16/h3-7,12H,8-11H2,1-2H3,(H,19,20,22). The first-order valence-corrected chi connectivity index (χ1v) is 9.49. The predicted molar refractivity (Wildman–Crippen MR) is 99.1 cm³/mol. The fraction of sp³-hybridized carbons (Fsp3) is 0.389. The van der Waals surface area contributed by atoms with Gasteiger partial charge in [-0.15, -0.1) is 11.8 Å². The summed E-state index contributed by atoms with van der Waals surface area (Å²) in [5, 5.41) is 6.35.